The molecule has 0 fully saturated rings. The highest BCUT2D eigenvalue weighted by atomic mass is 19.4. The van der Waals surface area contributed by atoms with Gasteiger partial charge in [-0.05, 0) is 36.6 Å². The molecule has 1 amide bonds. The van der Waals surface area contributed by atoms with E-state index in [4.69, 9.17) is 0 Å². The third-order valence-electron chi connectivity index (χ3n) is 3.52. The molecule has 134 valence electrons. The third kappa shape index (κ3) is 5.48. The van der Waals surface area contributed by atoms with Crippen LogP contribution in [0.1, 0.15) is 36.2 Å². The van der Waals surface area contributed by atoms with Gasteiger partial charge in [-0.3, -0.25) is 4.79 Å². The number of halogens is 3. The summed E-state index contributed by atoms with van der Waals surface area (Å²) in [6.07, 6.45) is -2.24. The van der Waals surface area contributed by atoms with Gasteiger partial charge in [0.15, 0.2) is 0 Å². The average molecular weight is 351 g/mol. The number of para-hydroxylation sites is 1. The number of amides is 1. The SMILES string of the molecule is CC(C)CCNC(=O)c1ccnc(Nc2ccccc2C(F)(F)F)c1. The maximum absolute atomic E-state index is 13.0. The number of aromatic nitrogens is 1. The van der Waals surface area contributed by atoms with Crippen molar-refractivity contribution in [2.75, 3.05) is 11.9 Å². The van der Waals surface area contributed by atoms with Crippen LogP contribution in [0.2, 0.25) is 0 Å². The van der Waals surface area contributed by atoms with E-state index >= 15 is 0 Å². The van der Waals surface area contributed by atoms with E-state index in [-0.39, 0.29) is 17.4 Å². The molecule has 0 aliphatic heterocycles. The summed E-state index contributed by atoms with van der Waals surface area (Å²) < 4.78 is 39.1. The highest BCUT2D eigenvalue weighted by molar-refractivity contribution is 5.94. The van der Waals surface area contributed by atoms with Crippen molar-refractivity contribution in [1.82, 2.24) is 10.3 Å². The van der Waals surface area contributed by atoms with Crippen molar-refractivity contribution in [1.29, 1.82) is 0 Å². The molecule has 25 heavy (non-hydrogen) atoms. The molecule has 2 N–H and O–H groups in total. The van der Waals surface area contributed by atoms with E-state index < -0.39 is 11.7 Å². The molecule has 1 aromatic carbocycles. The molecule has 7 heteroatoms. The number of nitrogens with zero attached hydrogens (tertiary/aromatic N) is 1. The molecule has 4 nitrogen and oxygen atoms in total. The molecule has 2 aromatic rings. The molecule has 0 radical (unpaired) electrons. The topological polar surface area (TPSA) is 54.0 Å². The number of pyridine rings is 1. The number of benzene rings is 1. The van der Waals surface area contributed by atoms with Gasteiger partial charge in [-0.15, -0.1) is 0 Å². The van der Waals surface area contributed by atoms with Crippen LogP contribution in [-0.2, 0) is 6.18 Å². The van der Waals surface area contributed by atoms with Crippen molar-refractivity contribution in [2.45, 2.75) is 26.4 Å². The lowest BCUT2D eigenvalue weighted by atomic mass is 10.1. The molecular weight excluding hydrogens is 331 g/mol. The number of hydrogen-bond donors (Lipinski definition) is 2. The smallest absolute Gasteiger partial charge is 0.352 e. The van der Waals surface area contributed by atoms with Crippen molar-refractivity contribution >= 4 is 17.4 Å². The summed E-state index contributed by atoms with van der Waals surface area (Å²) in [7, 11) is 0. The number of nitrogens with one attached hydrogen (secondary N) is 2. The first kappa shape index (κ1) is 18.8. The molecule has 0 atom stereocenters. The minimum atomic E-state index is -4.48. The first-order valence-electron chi connectivity index (χ1n) is 7.95. The standard InChI is InChI=1S/C18H20F3N3O/c1-12(2)7-9-23-17(25)13-8-10-22-16(11-13)24-15-6-4-3-5-14(15)18(19,20)21/h3-6,8,10-12H,7,9H2,1-2H3,(H,22,24)(H,23,25). The van der Waals surface area contributed by atoms with E-state index in [0.717, 1.165) is 12.5 Å². The van der Waals surface area contributed by atoms with E-state index in [1.54, 1.807) is 0 Å². The number of alkyl halides is 3. The molecule has 1 heterocycles. The lowest BCUT2D eigenvalue weighted by Crippen LogP contribution is -2.25. The molecule has 0 saturated carbocycles. The van der Waals surface area contributed by atoms with Gasteiger partial charge >= 0.3 is 6.18 Å². The van der Waals surface area contributed by atoms with E-state index in [1.807, 2.05) is 0 Å². The summed E-state index contributed by atoms with van der Waals surface area (Å²) >= 11 is 0. The van der Waals surface area contributed by atoms with Crippen LogP contribution in [0, 0.1) is 5.92 Å². The number of carbonyl (C=O) groups excluding carboxylic acids is 1. The van der Waals surface area contributed by atoms with Gasteiger partial charge in [0.25, 0.3) is 5.91 Å². The lowest BCUT2D eigenvalue weighted by Gasteiger charge is -2.14. The molecule has 0 aliphatic carbocycles. The molecule has 0 spiro atoms. The zero-order valence-electron chi connectivity index (χ0n) is 14.0. The Morgan fingerprint density at radius 3 is 2.60 bits per heavy atom. The minimum absolute atomic E-state index is 0.111. The van der Waals surface area contributed by atoms with Crippen LogP contribution in [0.3, 0.4) is 0 Å². The van der Waals surface area contributed by atoms with Crippen LogP contribution < -0.4 is 10.6 Å². The maximum atomic E-state index is 13.0. The van der Waals surface area contributed by atoms with Gasteiger partial charge in [0, 0.05) is 18.3 Å². The molecule has 1 aromatic heterocycles. The van der Waals surface area contributed by atoms with E-state index in [2.05, 4.69) is 29.5 Å². The Balaban J connectivity index is 2.14. The highest BCUT2D eigenvalue weighted by Gasteiger charge is 2.33. The van der Waals surface area contributed by atoms with Gasteiger partial charge in [0.1, 0.15) is 5.82 Å². The average Bonchev–Trinajstić information content (AvgIpc) is 2.54. The van der Waals surface area contributed by atoms with Crippen molar-refractivity contribution in [3.05, 3.63) is 53.7 Å². The lowest BCUT2D eigenvalue weighted by molar-refractivity contribution is -0.136. The van der Waals surface area contributed by atoms with Crippen molar-refractivity contribution in [2.24, 2.45) is 5.92 Å². The first-order chi connectivity index (χ1) is 11.8. The fourth-order valence-corrected chi connectivity index (χ4v) is 2.19. The summed E-state index contributed by atoms with van der Waals surface area (Å²) in [6, 6.07) is 8.08. The maximum Gasteiger partial charge on any atom is 0.418 e. The summed E-state index contributed by atoms with van der Waals surface area (Å²) in [4.78, 5) is 16.1. The van der Waals surface area contributed by atoms with Crippen LogP contribution in [0.25, 0.3) is 0 Å². The second-order valence-electron chi connectivity index (χ2n) is 6.04. The van der Waals surface area contributed by atoms with Gasteiger partial charge in [0.2, 0.25) is 0 Å². The van der Waals surface area contributed by atoms with Gasteiger partial charge in [-0.1, -0.05) is 26.0 Å². The van der Waals surface area contributed by atoms with Gasteiger partial charge in [-0.2, -0.15) is 13.2 Å². The second kappa shape index (κ2) is 8.00. The van der Waals surface area contributed by atoms with Crippen LogP contribution in [0.15, 0.2) is 42.6 Å². The summed E-state index contributed by atoms with van der Waals surface area (Å²) in [6.45, 7) is 4.65. The van der Waals surface area contributed by atoms with Gasteiger partial charge in [-0.25, -0.2) is 4.98 Å². The predicted molar refractivity (Wildman–Crippen MR) is 90.8 cm³/mol. The molecule has 0 aliphatic rings. The molecule has 2 rings (SSSR count). The van der Waals surface area contributed by atoms with Crippen LogP contribution in [0.4, 0.5) is 24.7 Å². The summed E-state index contributed by atoms with van der Waals surface area (Å²) in [5.74, 6) is 0.359. The predicted octanol–water partition coefficient (Wildman–Crippen LogP) is 4.62. The van der Waals surface area contributed by atoms with Crippen LogP contribution in [-0.4, -0.2) is 17.4 Å². The second-order valence-corrected chi connectivity index (χ2v) is 6.04. The number of carbonyl (C=O) groups is 1. The van der Waals surface area contributed by atoms with Crippen LogP contribution in [0.5, 0.6) is 0 Å². The van der Waals surface area contributed by atoms with Crippen LogP contribution >= 0.6 is 0 Å². The minimum Gasteiger partial charge on any atom is -0.352 e. The zero-order chi connectivity index (χ0) is 18.4. The Morgan fingerprint density at radius 1 is 1.20 bits per heavy atom. The number of anilines is 2. The van der Waals surface area contributed by atoms with Gasteiger partial charge < -0.3 is 10.6 Å². The third-order valence-corrected chi connectivity index (χ3v) is 3.52. The Bertz CT molecular complexity index is 730. The van der Waals surface area contributed by atoms with Crippen molar-refractivity contribution in [3.8, 4) is 0 Å². The molecule has 0 bridgehead atoms. The Kier molecular flexibility index (Phi) is 6.01. The quantitative estimate of drug-likeness (QED) is 0.798. The Hall–Kier alpha value is -2.57. The van der Waals surface area contributed by atoms with Crippen molar-refractivity contribution < 1.29 is 18.0 Å². The fourth-order valence-electron chi connectivity index (χ4n) is 2.19. The largest absolute Gasteiger partial charge is 0.418 e. The van der Waals surface area contributed by atoms with Gasteiger partial charge in [0.05, 0.1) is 11.3 Å². The normalized spacial score (nSPS) is 11.4. The highest BCUT2D eigenvalue weighted by Crippen LogP contribution is 2.35. The number of hydrogen-bond acceptors (Lipinski definition) is 3. The molecular formula is C18H20F3N3O. The van der Waals surface area contributed by atoms with E-state index in [1.165, 1.54) is 36.5 Å². The fraction of sp³-hybridized carbons (Fsp3) is 0.333. The van der Waals surface area contributed by atoms with E-state index in [9.17, 15) is 18.0 Å². The van der Waals surface area contributed by atoms with E-state index in [0.29, 0.717) is 18.0 Å². The summed E-state index contributed by atoms with van der Waals surface area (Å²) in [5.41, 5.74) is -0.561. The monoisotopic (exact) mass is 351 g/mol. The first-order valence-corrected chi connectivity index (χ1v) is 7.95. The zero-order valence-corrected chi connectivity index (χ0v) is 14.0. The molecule has 0 unspecified atom stereocenters. The number of rotatable bonds is 6. The summed E-state index contributed by atoms with van der Waals surface area (Å²) in [5, 5.41) is 5.42. The molecule has 0 saturated heterocycles. The Morgan fingerprint density at radius 2 is 1.92 bits per heavy atom. The Labute approximate surface area is 144 Å². The van der Waals surface area contributed by atoms with Crippen molar-refractivity contribution in [3.63, 3.8) is 0 Å².